The molecule has 2 N–H and O–H groups in total. The van der Waals surface area contributed by atoms with E-state index in [2.05, 4.69) is 39.2 Å². The second-order valence-corrected chi connectivity index (χ2v) is 4.33. The molecule has 7 heteroatoms. The van der Waals surface area contributed by atoms with Crippen molar-refractivity contribution in [3.8, 4) is 11.6 Å². The maximum Gasteiger partial charge on any atom is 0.239 e. The molecule has 2 aromatic heterocycles. The third-order valence-corrected chi connectivity index (χ3v) is 2.25. The first-order valence-electron chi connectivity index (χ1n) is 5.51. The summed E-state index contributed by atoms with van der Waals surface area (Å²) in [4.78, 5) is 8.04. The number of aliphatic hydroxyl groups excluding tert-OH is 1. The zero-order chi connectivity index (χ0) is 12.3. The summed E-state index contributed by atoms with van der Waals surface area (Å²) < 4.78 is 5.03. The van der Waals surface area contributed by atoms with Crippen molar-refractivity contribution in [1.82, 2.24) is 25.3 Å². The van der Waals surface area contributed by atoms with Crippen molar-refractivity contribution in [3.05, 3.63) is 12.2 Å². The average molecular weight is 237 g/mol. The van der Waals surface area contributed by atoms with Crippen molar-refractivity contribution >= 4 is 0 Å². The Labute approximate surface area is 98.3 Å². The van der Waals surface area contributed by atoms with Gasteiger partial charge in [-0.15, -0.1) is 0 Å². The molecule has 0 bridgehead atoms. The summed E-state index contributed by atoms with van der Waals surface area (Å²) in [6, 6.07) is 0. The number of hydrogen-bond acceptors (Lipinski definition) is 6. The normalized spacial score (nSPS) is 13.2. The minimum absolute atomic E-state index is 0.356. The molecule has 0 fully saturated rings. The van der Waals surface area contributed by atoms with Gasteiger partial charge >= 0.3 is 0 Å². The number of hydrogen-bond donors (Lipinski definition) is 2. The smallest absolute Gasteiger partial charge is 0.239 e. The zero-order valence-electron chi connectivity index (χ0n) is 9.79. The van der Waals surface area contributed by atoms with E-state index in [0.29, 0.717) is 36.3 Å². The molecule has 0 aliphatic carbocycles. The quantitative estimate of drug-likeness (QED) is 0.797. The number of aliphatic hydroxyl groups is 1. The predicted molar refractivity (Wildman–Crippen MR) is 58.8 cm³/mol. The summed E-state index contributed by atoms with van der Waals surface area (Å²) >= 11 is 0. The lowest BCUT2D eigenvalue weighted by Crippen LogP contribution is -2.13. The van der Waals surface area contributed by atoms with Crippen LogP contribution in [-0.4, -0.2) is 36.5 Å². The van der Waals surface area contributed by atoms with E-state index in [1.54, 1.807) is 0 Å². The van der Waals surface area contributed by atoms with Crippen molar-refractivity contribution in [2.24, 2.45) is 5.92 Å². The Morgan fingerprint density at radius 1 is 1.47 bits per heavy atom. The summed E-state index contributed by atoms with van der Waals surface area (Å²) in [7, 11) is 0. The molecule has 7 nitrogen and oxygen atoms in total. The highest BCUT2D eigenvalue weighted by atomic mass is 16.5. The van der Waals surface area contributed by atoms with Gasteiger partial charge < -0.3 is 9.63 Å². The standard InChI is InChI=1S/C10H15N5O2/c1-6(2)3-7(16)4-8-13-10(15-17-8)9-11-5-12-14-9/h5-7,16H,3-4H2,1-2H3,(H,11,12,14). The van der Waals surface area contributed by atoms with Crippen molar-refractivity contribution in [2.45, 2.75) is 32.8 Å². The number of aromatic amines is 1. The molecule has 2 heterocycles. The van der Waals surface area contributed by atoms with Gasteiger partial charge in [0.25, 0.3) is 0 Å². The Kier molecular flexibility index (Phi) is 3.48. The monoisotopic (exact) mass is 237 g/mol. The van der Waals surface area contributed by atoms with Crippen LogP contribution in [0.1, 0.15) is 26.2 Å². The minimum Gasteiger partial charge on any atom is -0.393 e. The SMILES string of the molecule is CC(C)CC(O)Cc1nc(-c2ncn[nH]2)no1. The third kappa shape index (κ3) is 3.10. The van der Waals surface area contributed by atoms with E-state index in [0.717, 1.165) is 0 Å². The third-order valence-electron chi connectivity index (χ3n) is 2.25. The molecule has 17 heavy (non-hydrogen) atoms. The lowest BCUT2D eigenvalue weighted by atomic mass is 10.0. The van der Waals surface area contributed by atoms with E-state index in [9.17, 15) is 5.11 Å². The Balaban J connectivity index is 1.99. The van der Waals surface area contributed by atoms with Crippen molar-refractivity contribution in [3.63, 3.8) is 0 Å². The van der Waals surface area contributed by atoms with Crippen LogP contribution in [0.2, 0.25) is 0 Å². The fourth-order valence-corrected chi connectivity index (χ4v) is 1.58. The Hall–Kier alpha value is -1.76. The predicted octanol–water partition coefficient (Wildman–Crippen LogP) is 0.804. The number of H-pyrrole nitrogens is 1. The molecule has 0 saturated carbocycles. The lowest BCUT2D eigenvalue weighted by molar-refractivity contribution is 0.138. The van der Waals surface area contributed by atoms with Gasteiger partial charge in [-0.1, -0.05) is 19.0 Å². The van der Waals surface area contributed by atoms with Crippen LogP contribution in [0.3, 0.4) is 0 Å². The van der Waals surface area contributed by atoms with Gasteiger partial charge in [-0.05, 0) is 12.3 Å². The van der Waals surface area contributed by atoms with Crippen LogP contribution in [0.5, 0.6) is 0 Å². The van der Waals surface area contributed by atoms with Crippen LogP contribution in [0.4, 0.5) is 0 Å². The highest BCUT2D eigenvalue weighted by molar-refractivity contribution is 5.39. The first kappa shape index (κ1) is 11.7. The largest absolute Gasteiger partial charge is 0.393 e. The van der Waals surface area contributed by atoms with Crippen LogP contribution in [0.25, 0.3) is 11.6 Å². The molecular formula is C10H15N5O2. The Bertz CT molecular complexity index is 451. The van der Waals surface area contributed by atoms with Crippen LogP contribution in [0.15, 0.2) is 10.9 Å². The molecule has 0 aliphatic rings. The van der Waals surface area contributed by atoms with Gasteiger partial charge in [0.2, 0.25) is 11.7 Å². The van der Waals surface area contributed by atoms with Crippen LogP contribution in [0, 0.1) is 5.92 Å². The van der Waals surface area contributed by atoms with E-state index >= 15 is 0 Å². The number of nitrogens with zero attached hydrogens (tertiary/aromatic N) is 4. The first-order chi connectivity index (χ1) is 8.15. The summed E-state index contributed by atoms with van der Waals surface area (Å²) in [5.74, 6) is 1.65. The van der Waals surface area contributed by atoms with E-state index in [1.165, 1.54) is 6.33 Å². The molecule has 0 aromatic carbocycles. The Morgan fingerprint density at radius 2 is 2.29 bits per heavy atom. The van der Waals surface area contributed by atoms with Crippen LogP contribution >= 0.6 is 0 Å². The molecule has 0 amide bonds. The van der Waals surface area contributed by atoms with Gasteiger partial charge in [0.05, 0.1) is 12.5 Å². The number of rotatable bonds is 5. The highest BCUT2D eigenvalue weighted by Crippen LogP contribution is 2.13. The highest BCUT2D eigenvalue weighted by Gasteiger charge is 2.15. The average Bonchev–Trinajstić information content (AvgIpc) is 2.84. The zero-order valence-corrected chi connectivity index (χ0v) is 9.79. The maximum atomic E-state index is 9.75. The van der Waals surface area contributed by atoms with Crippen LogP contribution in [-0.2, 0) is 6.42 Å². The number of nitrogens with one attached hydrogen (secondary N) is 1. The van der Waals surface area contributed by atoms with Gasteiger partial charge in [0, 0.05) is 0 Å². The maximum absolute atomic E-state index is 9.75. The summed E-state index contributed by atoms with van der Waals surface area (Å²) in [6.07, 6.45) is 1.98. The lowest BCUT2D eigenvalue weighted by Gasteiger charge is -2.09. The summed E-state index contributed by atoms with van der Waals surface area (Å²) in [6.45, 7) is 4.11. The van der Waals surface area contributed by atoms with Crippen molar-refractivity contribution < 1.29 is 9.63 Å². The van der Waals surface area contributed by atoms with Gasteiger partial charge in [-0.3, -0.25) is 5.10 Å². The fraction of sp³-hybridized carbons (Fsp3) is 0.600. The summed E-state index contributed by atoms with van der Waals surface area (Å²) in [5, 5.41) is 19.9. The van der Waals surface area contributed by atoms with E-state index in [4.69, 9.17) is 4.52 Å². The van der Waals surface area contributed by atoms with Gasteiger partial charge in [0.15, 0.2) is 5.82 Å². The molecule has 0 aliphatic heterocycles. The van der Waals surface area contributed by atoms with E-state index in [1.807, 2.05) is 0 Å². The van der Waals surface area contributed by atoms with Gasteiger partial charge in [-0.25, -0.2) is 4.98 Å². The van der Waals surface area contributed by atoms with E-state index < -0.39 is 6.10 Å². The summed E-state index contributed by atoms with van der Waals surface area (Å²) in [5.41, 5.74) is 0. The molecule has 0 radical (unpaired) electrons. The van der Waals surface area contributed by atoms with Crippen LogP contribution < -0.4 is 0 Å². The molecule has 1 unspecified atom stereocenters. The fourth-order valence-electron chi connectivity index (χ4n) is 1.58. The molecule has 92 valence electrons. The van der Waals surface area contributed by atoms with E-state index in [-0.39, 0.29) is 0 Å². The number of aromatic nitrogens is 5. The topological polar surface area (TPSA) is 101 Å². The first-order valence-corrected chi connectivity index (χ1v) is 5.51. The molecule has 2 rings (SSSR count). The molecule has 0 spiro atoms. The molecular weight excluding hydrogens is 222 g/mol. The second kappa shape index (κ2) is 5.05. The second-order valence-electron chi connectivity index (χ2n) is 4.33. The van der Waals surface area contributed by atoms with Gasteiger partial charge in [-0.2, -0.15) is 10.1 Å². The molecule has 0 saturated heterocycles. The minimum atomic E-state index is -0.460. The molecule has 1 atom stereocenters. The Morgan fingerprint density at radius 3 is 2.94 bits per heavy atom. The van der Waals surface area contributed by atoms with Crippen molar-refractivity contribution in [2.75, 3.05) is 0 Å². The van der Waals surface area contributed by atoms with Crippen molar-refractivity contribution in [1.29, 1.82) is 0 Å². The van der Waals surface area contributed by atoms with Gasteiger partial charge in [0.1, 0.15) is 6.33 Å². The molecule has 2 aromatic rings.